The van der Waals surface area contributed by atoms with Gasteiger partial charge in [-0.15, -0.1) is 0 Å². The van der Waals surface area contributed by atoms with Crippen molar-refractivity contribution in [2.24, 2.45) is 0 Å². The van der Waals surface area contributed by atoms with E-state index >= 15 is 0 Å². The number of halogens is 2. The van der Waals surface area contributed by atoms with Crippen molar-refractivity contribution < 1.29 is 12.6 Å². The highest BCUT2D eigenvalue weighted by molar-refractivity contribution is 7.85. The number of rotatable bonds is 3. The van der Waals surface area contributed by atoms with Crippen molar-refractivity contribution in [1.29, 1.82) is 0 Å². The normalized spacial score (nSPS) is 11.6. The lowest BCUT2D eigenvalue weighted by molar-refractivity contribution is 0.311. The Labute approximate surface area is 91.9 Å². The van der Waals surface area contributed by atoms with Gasteiger partial charge in [-0.3, -0.25) is 4.18 Å². The van der Waals surface area contributed by atoms with Crippen LogP contribution >= 0.6 is 23.2 Å². The second kappa shape index (κ2) is 4.44. The molecule has 1 heterocycles. The summed E-state index contributed by atoms with van der Waals surface area (Å²) in [5.41, 5.74) is 0.474. The van der Waals surface area contributed by atoms with Crippen molar-refractivity contribution >= 4 is 33.3 Å². The SMILES string of the molecule is CS(=O)(=O)OCc1ccc(Cl)nc1Cl. The van der Waals surface area contributed by atoms with Crippen LogP contribution in [-0.4, -0.2) is 19.7 Å². The van der Waals surface area contributed by atoms with Crippen molar-refractivity contribution in [1.82, 2.24) is 4.98 Å². The van der Waals surface area contributed by atoms with Gasteiger partial charge in [0.25, 0.3) is 10.1 Å². The second-order valence-electron chi connectivity index (χ2n) is 2.55. The van der Waals surface area contributed by atoms with Gasteiger partial charge in [0.2, 0.25) is 0 Å². The fourth-order valence-electron chi connectivity index (χ4n) is 0.719. The molecular weight excluding hydrogens is 249 g/mol. The van der Waals surface area contributed by atoms with Crippen LogP contribution in [0.2, 0.25) is 10.3 Å². The van der Waals surface area contributed by atoms with Gasteiger partial charge in [-0.25, -0.2) is 4.98 Å². The minimum absolute atomic E-state index is 0.137. The predicted molar refractivity (Wildman–Crippen MR) is 53.9 cm³/mol. The first-order valence-electron chi connectivity index (χ1n) is 3.54. The van der Waals surface area contributed by atoms with Gasteiger partial charge in [-0.1, -0.05) is 29.3 Å². The highest BCUT2D eigenvalue weighted by atomic mass is 35.5. The third-order valence-corrected chi connectivity index (χ3v) is 2.40. The van der Waals surface area contributed by atoms with Crippen LogP contribution in [-0.2, 0) is 20.9 Å². The zero-order chi connectivity index (χ0) is 10.8. The highest BCUT2D eigenvalue weighted by Crippen LogP contribution is 2.17. The summed E-state index contributed by atoms with van der Waals surface area (Å²) in [5.74, 6) is 0. The third-order valence-electron chi connectivity index (χ3n) is 1.32. The van der Waals surface area contributed by atoms with Crippen LogP contribution in [0.15, 0.2) is 12.1 Å². The minimum atomic E-state index is -3.47. The maximum Gasteiger partial charge on any atom is 0.264 e. The Kier molecular flexibility index (Phi) is 3.71. The molecule has 78 valence electrons. The minimum Gasteiger partial charge on any atom is -0.265 e. The standard InChI is InChI=1S/C7H7Cl2NO3S/c1-14(11,12)13-4-5-2-3-6(8)10-7(5)9/h2-3H,4H2,1H3. The lowest BCUT2D eigenvalue weighted by atomic mass is 10.3. The Bertz CT molecular complexity index is 433. The number of aromatic nitrogens is 1. The Morgan fingerprint density at radius 3 is 2.57 bits per heavy atom. The fraction of sp³-hybridized carbons (Fsp3) is 0.286. The molecule has 0 fully saturated rings. The summed E-state index contributed by atoms with van der Waals surface area (Å²) in [6.45, 7) is -0.137. The summed E-state index contributed by atoms with van der Waals surface area (Å²) in [4.78, 5) is 3.73. The summed E-state index contributed by atoms with van der Waals surface area (Å²) in [7, 11) is -3.47. The first kappa shape index (κ1) is 11.7. The van der Waals surface area contributed by atoms with Crippen LogP contribution in [0.3, 0.4) is 0 Å². The predicted octanol–water partition coefficient (Wildman–Crippen LogP) is 1.86. The molecule has 0 unspecified atom stereocenters. The number of pyridine rings is 1. The summed E-state index contributed by atoms with van der Waals surface area (Å²) in [5, 5.41) is 0.388. The number of hydrogen-bond donors (Lipinski definition) is 0. The van der Waals surface area contributed by atoms with Crippen LogP contribution in [0.5, 0.6) is 0 Å². The summed E-state index contributed by atoms with van der Waals surface area (Å²) >= 11 is 11.2. The zero-order valence-corrected chi connectivity index (χ0v) is 9.53. The molecule has 0 spiro atoms. The molecule has 7 heteroatoms. The average molecular weight is 256 g/mol. The maximum absolute atomic E-state index is 10.7. The number of hydrogen-bond acceptors (Lipinski definition) is 4. The van der Waals surface area contributed by atoms with Gasteiger partial charge in [0.15, 0.2) is 0 Å². The van der Waals surface area contributed by atoms with Crippen LogP contribution < -0.4 is 0 Å². The molecule has 0 aliphatic carbocycles. The Morgan fingerprint density at radius 2 is 2.07 bits per heavy atom. The van der Waals surface area contributed by atoms with Crippen molar-refractivity contribution in [3.8, 4) is 0 Å². The third kappa shape index (κ3) is 3.79. The number of nitrogens with zero attached hydrogens (tertiary/aromatic N) is 1. The second-order valence-corrected chi connectivity index (χ2v) is 4.94. The smallest absolute Gasteiger partial charge is 0.264 e. The molecule has 0 aromatic carbocycles. The molecule has 0 saturated carbocycles. The van der Waals surface area contributed by atoms with Crippen LogP contribution in [0, 0.1) is 0 Å². The van der Waals surface area contributed by atoms with E-state index in [1.54, 1.807) is 6.07 Å². The van der Waals surface area contributed by atoms with Crippen LogP contribution in [0.25, 0.3) is 0 Å². The van der Waals surface area contributed by atoms with Crippen LogP contribution in [0.4, 0.5) is 0 Å². The van der Waals surface area contributed by atoms with E-state index in [-0.39, 0.29) is 16.9 Å². The molecule has 1 aromatic heterocycles. The monoisotopic (exact) mass is 255 g/mol. The Balaban J connectivity index is 2.78. The summed E-state index contributed by atoms with van der Waals surface area (Å²) in [6, 6.07) is 3.07. The summed E-state index contributed by atoms with van der Waals surface area (Å²) in [6.07, 6.45) is 0.963. The van der Waals surface area contributed by atoms with Gasteiger partial charge in [0.05, 0.1) is 12.9 Å². The molecule has 0 amide bonds. The largest absolute Gasteiger partial charge is 0.265 e. The fourth-order valence-corrected chi connectivity index (χ4v) is 1.46. The van der Waals surface area contributed by atoms with E-state index in [9.17, 15) is 8.42 Å². The molecule has 14 heavy (non-hydrogen) atoms. The van der Waals surface area contributed by atoms with Gasteiger partial charge in [-0.05, 0) is 6.07 Å². The van der Waals surface area contributed by atoms with E-state index in [1.807, 2.05) is 0 Å². The molecule has 0 radical (unpaired) electrons. The summed E-state index contributed by atoms with van der Waals surface area (Å²) < 4.78 is 25.9. The van der Waals surface area contributed by atoms with Crippen molar-refractivity contribution in [2.45, 2.75) is 6.61 Å². The van der Waals surface area contributed by atoms with E-state index in [0.29, 0.717) is 5.56 Å². The molecule has 4 nitrogen and oxygen atoms in total. The lowest BCUT2D eigenvalue weighted by Gasteiger charge is -2.03. The van der Waals surface area contributed by atoms with Crippen molar-refractivity contribution in [3.63, 3.8) is 0 Å². The van der Waals surface area contributed by atoms with Crippen molar-refractivity contribution in [2.75, 3.05) is 6.26 Å². The first-order valence-corrected chi connectivity index (χ1v) is 6.11. The van der Waals surface area contributed by atoms with E-state index in [1.165, 1.54) is 6.07 Å². The molecule has 0 N–H and O–H groups in total. The molecule has 0 aliphatic heterocycles. The van der Waals surface area contributed by atoms with E-state index < -0.39 is 10.1 Å². The Morgan fingerprint density at radius 1 is 1.43 bits per heavy atom. The van der Waals surface area contributed by atoms with Gasteiger partial charge < -0.3 is 0 Å². The quantitative estimate of drug-likeness (QED) is 0.611. The first-order chi connectivity index (χ1) is 6.38. The van der Waals surface area contributed by atoms with E-state index in [2.05, 4.69) is 9.17 Å². The van der Waals surface area contributed by atoms with E-state index in [0.717, 1.165) is 6.26 Å². The van der Waals surface area contributed by atoms with Gasteiger partial charge >= 0.3 is 0 Å². The zero-order valence-electron chi connectivity index (χ0n) is 7.20. The average Bonchev–Trinajstić information content (AvgIpc) is 2.00. The van der Waals surface area contributed by atoms with Gasteiger partial charge in [0, 0.05) is 5.56 Å². The molecule has 0 saturated heterocycles. The van der Waals surface area contributed by atoms with E-state index in [4.69, 9.17) is 23.2 Å². The molecule has 0 bridgehead atoms. The molecule has 0 atom stereocenters. The lowest BCUT2D eigenvalue weighted by Crippen LogP contribution is -2.03. The maximum atomic E-state index is 10.7. The molecule has 1 rings (SSSR count). The highest BCUT2D eigenvalue weighted by Gasteiger charge is 2.07. The molecule has 0 aliphatic rings. The Hall–Kier alpha value is -0.360. The van der Waals surface area contributed by atoms with Gasteiger partial charge in [-0.2, -0.15) is 8.42 Å². The molecular formula is C7H7Cl2NO3S. The van der Waals surface area contributed by atoms with Gasteiger partial charge in [0.1, 0.15) is 10.3 Å². The molecule has 1 aromatic rings. The topological polar surface area (TPSA) is 56.3 Å². The van der Waals surface area contributed by atoms with Crippen molar-refractivity contribution in [3.05, 3.63) is 28.0 Å². The van der Waals surface area contributed by atoms with Crippen LogP contribution in [0.1, 0.15) is 5.56 Å².